The molecule has 0 aliphatic rings. The van der Waals surface area contributed by atoms with Crippen LogP contribution in [0.15, 0.2) is 30.3 Å². The van der Waals surface area contributed by atoms with E-state index in [1.165, 1.54) is 39.9 Å². The quantitative estimate of drug-likeness (QED) is 0.196. The number of rotatable bonds is 17. The van der Waals surface area contributed by atoms with Gasteiger partial charge in [-0.3, -0.25) is 24.0 Å². The minimum Gasteiger partial charge on any atom is -0.480 e. The lowest BCUT2D eigenvalue weighted by Crippen LogP contribution is -2.57. The number of carboxylic acid groups (broad SMARTS) is 1. The number of aliphatic carboxylic acids is 1. The molecule has 1 aromatic carbocycles. The monoisotopic (exact) mass is 633 g/mol. The summed E-state index contributed by atoms with van der Waals surface area (Å²) in [4.78, 5) is 80.8. The van der Waals surface area contributed by atoms with Gasteiger partial charge in [0.05, 0.1) is 6.54 Å². The molecule has 45 heavy (non-hydrogen) atoms. The van der Waals surface area contributed by atoms with Crippen molar-refractivity contribution in [1.82, 2.24) is 25.3 Å². The van der Waals surface area contributed by atoms with Crippen molar-refractivity contribution in [2.24, 2.45) is 11.8 Å². The Morgan fingerprint density at radius 1 is 0.778 bits per heavy atom. The summed E-state index contributed by atoms with van der Waals surface area (Å²) in [7, 11) is 4.20. The van der Waals surface area contributed by atoms with E-state index in [0.717, 1.165) is 15.4 Å². The third kappa shape index (κ3) is 11.1. The molecule has 5 amide bonds. The predicted octanol–water partition coefficient (Wildman–Crippen LogP) is 0.889. The van der Waals surface area contributed by atoms with Crippen molar-refractivity contribution >= 4 is 35.5 Å². The zero-order valence-corrected chi connectivity index (χ0v) is 27.9. The molecular formula is C32H51N5O8. The second kappa shape index (κ2) is 18.1. The maximum absolute atomic E-state index is 13.8. The van der Waals surface area contributed by atoms with E-state index >= 15 is 0 Å². The fourth-order valence-electron chi connectivity index (χ4n) is 4.55. The van der Waals surface area contributed by atoms with Crippen LogP contribution in [0.4, 0.5) is 0 Å². The van der Waals surface area contributed by atoms with Crippen molar-refractivity contribution in [1.29, 1.82) is 0 Å². The molecule has 0 fully saturated rings. The van der Waals surface area contributed by atoms with Crippen LogP contribution in [0.5, 0.6) is 0 Å². The number of carboxylic acids is 1. The molecule has 0 saturated carbocycles. The van der Waals surface area contributed by atoms with Crippen LogP contribution in [0.3, 0.4) is 0 Å². The number of carbonyl (C=O) groups is 6. The van der Waals surface area contributed by atoms with Crippen molar-refractivity contribution in [2.75, 3.05) is 27.7 Å². The Balaban J connectivity index is 3.17. The Morgan fingerprint density at radius 2 is 1.33 bits per heavy atom. The first kappa shape index (κ1) is 39.0. The Labute approximate surface area is 266 Å². The highest BCUT2D eigenvalue weighted by Gasteiger charge is 2.36. The smallest absolute Gasteiger partial charge is 0.326 e. The molecule has 1 rings (SSSR count). The molecule has 4 N–H and O–H groups in total. The lowest BCUT2D eigenvalue weighted by atomic mass is 9.97. The van der Waals surface area contributed by atoms with Gasteiger partial charge >= 0.3 is 5.97 Å². The number of likely N-dealkylation sites (N-methyl/N-ethyl adjacent to an activating group) is 3. The van der Waals surface area contributed by atoms with E-state index in [-0.39, 0.29) is 18.3 Å². The second-order valence-corrected chi connectivity index (χ2v) is 11.8. The van der Waals surface area contributed by atoms with Crippen LogP contribution in [0.1, 0.15) is 59.9 Å². The van der Waals surface area contributed by atoms with E-state index in [2.05, 4.69) is 10.6 Å². The molecule has 0 bridgehead atoms. The van der Waals surface area contributed by atoms with Crippen molar-refractivity contribution in [3.05, 3.63) is 35.9 Å². The van der Waals surface area contributed by atoms with Crippen LogP contribution in [-0.4, -0.2) is 118 Å². The average Bonchev–Trinajstić information content (AvgIpc) is 3.02. The zero-order valence-electron chi connectivity index (χ0n) is 27.9. The lowest BCUT2D eigenvalue weighted by Gasteiger charge is -2.33. The first-order valence-corrected chi connectivity index (χ1v) is 15.3. The van der Waals surface area contributed by atoms with Crippen LogP contribution >= 0.6 is 0 Å². The number of carbonyl (C=O) groups excluding carboxylic acids is 5. The van der Waals surface area contributed by atoms with Gasteiger partial charge in [-0.2, -0.15) is 0 Å². The highest BCUT2D eigenvalue weighted by Crippen LogP contribution is 2.15. The van der Waals surface area contributed by atoms with E-state index in [4.69, 9.17) is 0 Å². The number of nitrogens with one attached hydrogen (secondary N) is 2. The van der Waals surface area contributed by atoms with Crippen molar-refractivity contribution < 1.29 is 39.0 Å². The van der Waals surface area contributed by atoms with Crippen molar-refractivity contribution in [2.45, 2.75) is 91.1 Å². The van der Waals surface area contributed by atoms with E-state index in [9.17, 15) is 39.0 Å². The van der Waals surface area contributed by atoms with Gasteiger partial charge in [0.1, 0.15) is 30.3 Å². The molecular weight excluding hydrogens is 582 g/mol. The minimum atomic E-state index is -1.29. The van der Waals surface area contributed by atoms with Gasteiger partial charge in [-0.05, 0) is 31.2 Å². The van der Waals surface area contributed by atoms with Gasteiger partial charge in [0, 0.05) is 27.6 Å². The summed E-state index contributed by atoms with van der Waals surface area (Å²) in [6.45, 7) is 9.55. The minimum absolute atomic E-state index is 0.121. The molecule has 0 aliphatic heterocycles. The molecule has 13 nitrogen and oxygen atoms in total. The summed E-state index contributed by atoms with van der Waals surface area (Å²) >= 11 is 0. The molecule has 0 aromatic heterocycles. The third-order valence-corrected chi connectivity index (χ3v) is 8.39. The summed E-state index contributed by atoms with van der Waals surface area (Å²) in [6, 6.07) is 4.79. The topological polar surface area (TPSA) is 177 Å². The largest absolute Gasteiger partial charge is 0.480 e. The van der Waals surface area contributed by atoms with Crippen molar-refractivity contribution in [3.63, 3.8) is 0 Å². The van der Waals surface area contributed by atoms with Gasteiger partial charge < -0.3 is 35.5 Å². The second-order valence-electron chi connectivity index (χ2n) is 11.8. The summed E-state index contributed by atoms with van der Waals surface area (Å²) in [5.41, 5.74) is 0.759. The first-order chi connectivity index (χ1) is 21.0. The molecule has 0 heterocycles. The zero-order chi connectivity index (χ0) is 34.6. The SMILES string of the molecule is CC[C@H](C)[C@H](NC(=O)CN(C)C(=O)[C@@H](Cc1ccccc1)N(C)C(=O)[C@H](C)NC(=O)[C@H](O)[C@@H](C)CC)C(=O)N(C)[C@@H](C)C(=O)O. The molecule has 7 atom stereocenters. The molecule has 1 aromatic rings. The number of hydrogen-bond donors (Lipinski definition) is 4. The fourth-order valence-corrected chi connectivity index (χ4v) is 4.55. The van der Waals surface area contributed by atoms with Gasteiger partial charge in [-0.25, -0.2) is 4.79 Å². The maximum atomic E-state index is 13.8. The Morgan fingerprint density at radius 3 is 1.84 bits per heavy atom. The van der Waals surface area contributed by atoms with E-state index in [0.29, 0.717) is 12.8 Å². The van der Waals surface area contributed by atoms with Crippen LogP contribution in [-0.2, 0) is 35.2 Å². The standard InChI is InChI=1S/C32H51N5O8/c1-10-19(3)26(31(43)36(8)22(6)32(44)45)34-25(38)18-35(7)30(42)24(17-23-15-13-12-14-16-23)37(9)29(41)21(5)33-28(40)27(39)20(4)11-2/h12-16,19-22,24,26-27,39H,10-11,17-18H2,1-9H3,(H,33,40)(H,34,38)(H,44,45)/t19-,20-,21-,22-,24+,26-,27+/m0/s1. The van der Waals surface area contributed by atoms with Gasteiger partial charge in [0.25, 0.3) is 0 Å². The highest BCUT2D eigenvalue weighted by molar-refractivity contribution is 5.95. The van der Waals surface area contributed by atoms with Gasteiger partial charge in [-0.1, -0.05) is 70.9 Å². The molecule has 252 valence electrons. The van der Waals surface area contributed by atoms with Crippen LogP contribution < -0.4 is 10.6 Å². The normalized spacial score (nSPS) is 15.7. The predicted molar refractivity (Wildman–Crippen MR) is 169 cm³/mol. The third-order valence-electron chi connectivity index (χ3n) is 8.39. The van der Waals surface area contributed by atoms with Crippen LogP contribution in [0.25, 0.3) is 0 Å². The van der Waals surface area contributed by atoms with Gasteiger partial charge in [-0.15, -0.1) is 0 Å². The summed E-state index contributed by atoms with van der Waals surface area (Å²) in [6.07, 6.45) is -0.0825. The Bertz CT molecular complexity index is 1180. The lowest BCUT2D eigenvalue weighted by molar-refractivity contribution is -0.150. The number of nitrogens with zero attached hydrogens (tertiary/aromatic N) is 3. The molecule has 0 unspecified atom stereocenters. The number of hydrogen-bond acceptors (Lipinski definition) is 7. The average molecular weight is 634 g/mol. The molecule has 0 saturated heterocycles. The van der Waals surface area contributed by atoms with Gasteiger partial charge in [0.2, 0.25) is 29.5 Å². The number of aliphatic hydroxyl groups is 1. The van der Waals surface area contributed by atoms with Crippen LogP contribution in [0, 0.1) is 11.8 Å². The number of benzene rings is 1. The molecule has 0 aliphatic carbocycles. The number of amides is 5. The summed E-state index contributed by atoms with van der Waals surface area (Å²) in [5, 5.41) is 24.8. The highest BCUT2D eigenvalue weighted by atomic mass is 16.4. The maximum Gasteiger partial charge on any atom is 0.326 e. The summed E-state index contributed by atoms with van der Waals surface area (Å²) in [5.74, 6) is -4.82. The summed E-state index contributed by atoms with van der Waals surface area (Å²) < 4.78 is 0. The molecule has 13 heteroatoms. The Hall–Kier alpha value is -4.00. The first-order valence-electron chi connectivity index (χ1n) is 15.3. The van der Waals surface area contributed by atoms with E-state index in [1.807, 2.05) is 19.9 Å². The van der Waals surface area contributed by atoms with Gasteiger partial charge in [0.15, 0.2) is 0 Å². The van der Waals surface area contributed by atoms with E-state index < -0.39 is 72.3 Å². The Kier molecular flexibility index (Phi) is 15.7. The van der Waals surface area contributed by atoms with E-state index in [1.54, 1.807) is 38.1 Å². The molecule has 0 spiro atoms. The fraction of sp³-hybridized carbons (Fsp3) is 0.625. The van der Waals surface area contributed by atoms with Crippen molar-refractivity contribution in [3.8, 4) is 0 Å². The van der Waals surface area contributed by atoms with Crippen LogP contribution in [0.2, 0.25) is 0 Å². The molecule has 0 radical (unpaired) electrons. The number of aliphatic hydroxyl groups excluding tert-OH is 1.